The first-order valence-corrected chi connectivity index (χ1v) is 7.89. The highest BCUT2D eigenvalue weighted by Crippen LogP contribution is 2.29. The molecule has 0 aliphatic carbocycles. The van der Waals surface area contributed by atoms with Crippen LogP contribution in [0.2, 0.25) is 10.0 Å². The van der Waals surface area contributed by atoms with Crippen LogP contribution in [0.1, 0.15) is 12.8 Å². The van der Waals surface area contributed by atoms with E-state index < -0.39 is 0 Å². The molecule has 4 nitrogen and oxygen atoms in total. The van der Waals surface area contributed by atoms with Crippen LogP contribution in [0.15, 0.2) is 28.2 Å². The summed E-state index contributed by atoms with van der Waals surface area (Å²) in [6.07, 6.45) is 1.54. The maximum atomic E-state index is 11.7. The molecule has 0 bridgehead atoms. The summed E-state index contributed by atoms with van der Waals surface area (Å²) in [5.74, 6) is 0.0814. The van der Waals surface area contributed by atoms with Crippen LogP contribution in [0, 0.1) is 0 Å². The summed E-state index contributed by atoms with van der Waals surface area (Å²) < 4.78 is 5.21. The molecule has 0 atom stereocenters. The molecule has 2 rings (SSSR count). The number of halogens is 2. The maximum absolute atomic E-state index is 11.7. The van der Waals surface area contributed by atoms with Crippen LogP contribution >= 0.6 is 35.0 Å². The molecule has 1 aliphatic heterocycles. The van der Waals surface area contributed by atoms with Gasteiger partial charge in [-0.3, -0.25) is 4.79 Å². The van der Waals surface area contributed by atoms with E-state index in [1.807, 2.05) is 0 Å². The van der Waals surface area contributed by atoms with Gasteiger partial charge in [0.1, 0.15) is 0 Å². The summed E-state index contributed by atoms with van der Waals surface area (Å²) in [6.45, 7) is 1.34. The Bertz CT molecular complexity index is 515. The minimum absolute atomic E-state index is 0.162. The van der Waals surface area contributed by atoms with Crippen LogP contribution in [0.25, 0.3) is 0 Å². The molecule has 0 spiro atoms. The number of amides is 1. The topological polar surface area (TPSA) is 50.7 Å². The van der Waals surface area contributed by atoms with Gasteiger partial charge in [-0.05, 0) is 18.2 Å². The van der Waals surface area contributed by atoms with Crippen LogP contribution < -0.4 is 5.43 Å². The van der Waals surface area contributed by atoms with Gasteiger partial charge in [0, 0.05) is 28.5 Å². The van der Waals surface area contributed by atoms with Crippen LogP contribution in [0.4, 0.5) is 0 Å². The SMILES string of the molecule is O=C(CSc1cc(Cl)ccc1Cl)NN=C1CCOCC1. The first-order chi connectivity index (χ1) is 9.65. The summed E-state index contributed by atoms with van der Waals surface area (Å²) >= 11 is 13.2. The summed E-state index contributed by atoms with van der Waals surface area (Å²) in [5, 5.41) is 5.28. The second kappa shape index (κ2) is 7.88. The molecule has 1 aromatic carbocycles. The Kier molecular flexibility index (Phi) is 6.16. The average molecular weight is 333 g/mol. The first-order valence-electron chi connectivity index (χ1n) is 6.15. The van der Waals surface area contributed by atoms with Gasteiger partial charge >= 0.3 is 0 Å². The number of nitrogens with one attached hydrogen (secondary N) is 1. The van der Waals surface area contributed by atoms with Crippen LogP contribution in [-0.2, 0) is 9.53 Å². The second-order valence-electron chi connectivity index (χ2n) is 4.19. The van der Waals surface area contributed by atoms with Crippen LogP contribution in [0.5, 0.6) is 0 Å². The lowest BCUT2D eigenvalue weighted by Crippen LogP contribution is -2.24. The van der Waals surface area contributed by atoms with Gasteiger partial charge < -0.3 is 4.74 Å². The number of hydrazone groups is 1. The Morgan fingerprint density at radius 3 is 2.85 bits per heavy atom. The molecule has 108 valence electrons. The highest BCUT2D eigenvalue weighted by molar-refractivity contribution is 8.00. The minimum Gasteiger partial charge on any atom is -0.381 e. The zero-order valence-corrected chi connectivity index (χ0v) is 13.0. The minimum atomic E-state index is -0.162. The van der Waals surface area contributed by atoms with E-state index in [2.05, 4.69) is 10.5 Å². The lowest BCUT2D eigenvalue weighted by molar-refractivity contribution is -0.118. The molecule has 1 aliphatic rings. The van der Waals surface area contributed by atoms with Crippen molar-refractivity contribution in [3.05, 3.63) is 28.2 Å². The van der Waals surface area contributed by atoms with Crippen molar-refractivity contribution in [1.82, 2.24) is 5.43 Å². The molecule has 0 aromatic heterocycles. The lowest BCUT2D eigenvalue weighted by atomic mass is 10.2. The van der Waals surface area contributed by atoms with Gasteiger partial charge in [-0.25, -0.2) is 5.43 Å². The molecule has 1 amide bonds. The average Bonchev–Trinajstić information content (AvgIpc) is 2.47. The van der Waals surface area contributed by atoms with Crippen molar-refractivity contribution in [2.24, 2.45) is 5.10 Å². The number of benzene rings is 1. The van der Waals surface area contributed by atoms with Gasteiger partial charge in [0.15, 0.2) is 0 Å². The molecule has 0 unspecified atom stereocenters. The number of carbonyl (C=O) groups excluding carboxylic acids is 1. The van der Waals surface area contributed by atoms with E-state index in [0.29, 0.717) is 23.3 Å². The zero-order valence-electron chi connectivity index (χ0n) is 10.7. The number of ether oxygens (including phenoxy) is 1. The fraction of sp³-hybridized carbons (Fsp3) is 0.385. The van der Waals surface area contributed by atoms with Gasteiger partial charge in [-0.2, -0.15) is 5.10 Å². The predicted octanol–water partition coefficient (Wildman–Crippen LogP) is 3.37. The molecular formula is C13H14Cl2N2O2S. The molecule has 7 heteroatoms. The molecule has 0 radical (unpaired) electrons. The standard InChI is InChI=1S/C13H14Cl2N2O2S/c14-9-1-2-11(15)12(7-9)20-8-13(18)17-16-10-3-5-19-6-4-10/h1-2,7H,3-6,8H2,(H,17,18). The normalized spacial score (nSPS) is 15.0. The fourth-order valence-electron chi connectivity index (χ4n) is 1.62. The Balaban J connectivity index is 1.81. The fourth-order valence-corrected chi connectivity index (χ4v) is 2.91. The molecular weight excluding hydrogens is 319 g/mol. The zero-order chi connectivity index (χ0) is 14.4. The van der Waals surface area contributed by atoms with E-state index in [1.54, 1.807) is 18.2 Å². The Morgan fingerprint density at radius 2 is 2.10 bits per heavy atom. The number of rotatable bonds is 4. The van der Waals surface area contributed by atoms with Gasteiger partial charge in [-0.1, -0.05) is 23.2 Å². The quantitative estimate of drug-likeness (QED) is 0.679. The maximum Gasteiger partial charge on any atom is 0.250 e. The molecule has 20 heavy (non-hydrogen) atoms. The number of thioether (sulfide) groups is 1. The first kappa shape index (κ1) is 15.6. The van der Waals surface area contributed by atoms with Gasteiger partial charge in [0.25, 0.3) is 0 Å². The van der Waals surface area contributed by atoms with Crippen LogP contribution in [0.3, 0.4) is 0 Å². The van der Waals surface area contributed by atoms with Crippen molar-refractivity contribution < 1.29 is 9.53 Å². The molecule has 1 N–H and O–H groups in total. The molecule has 1 aromatic rings. The summed E-state index contributed by atoms with van der Waals surface area (Å²) in [6, 6.07) is 5.17. The van der Waals surface area contributed by atoms with Gasteiger partial charge in [0.2, 0.25) is 5.91 Å². The second-order valence-corrected chi connectivity index (χ2v) is 6.05. The smallest absolute Gasteiger partial charge is 0.250 e. The highest BCUT2D eigenvalue weighted by atomic mass is 35.5. The van der Waals surface area contributed by atoms with Crippen molar-refractivity contribution in [2.75, 3.05) is 19.0 Å². The molecule has 0 saturated carbocycles. The van der Waals surface area contributed by atoms with E-state index in [0.717, 1.165) is 23.4 Å². The van der Waals surface area contributed by atoms with Crippen molar-refractivity contribution in [3.63, 3.8) is 0 Å². The largest absolute Gasteiger partial charge is 0.381 e. The highest BCUT2D eigenvalue weighted by Gasteiger charge is 2.09. The Hall–Kier alpha value is -0.750. The number of hydrogen-bond acceptors (Lipinski definition) is 4. The summed E-state index contributed by atoms with van der Waals surface area (Å²) in [4.78, 5) is 12.5. The summed E-state index contributed by atoms with van der Waals surface area (Å²) in [5.41, 5.74) is 3.52. The van der Waals surface area contributed by atoms with Crippen molar-refractivity contribution in [3.8, 4) is 0 Å². The Labute approximate surface area is 131 Å². The summed E-state index contributed by atoms with van der Waals surface area (Å²) in [7, 11) is 0. The third-order valence-electron chi connectivity index (χ3n) is 2.66. The molecule has 1 heterocycles. The molecule has 1 fully saturated rings. The van der Waals surface area contributed by atoms with E-state index in [1.165, 1.54) is 11.8 Å². The predicted molar refractivity (Wildman–Crippen MR) is 82.8 cm³/mol. The van der Waals surface area contributed by atoms with Crippen molar-refractivity contribution in [2.45, 2.75) is 17.7 Å². The third kappa shape index (κ3) is 4.98. The van der Waals surface area contributed by atoms with Gasteiger partial charge in [-0.15, -0.1) is 11.8 Å². The van der Waals surface area contributed by atoms with E-state index in [9.17, 15) is 4.79 Å². The lowest BCUT2D eigenvalue weighted by Gasteiger charge is -2.13. The number of nitrogens with zero attached hydrogens (tertiary/aromatic N) is 1. The third-order valence-corrected chi connectivity index (χ3v) is 4.39. The van der Waals surface area contributed by atoms with E-state index in [-0.39, 0.29) is 11.7 Å². The van der Waals surface area contributed by atoms with Crippen molar-refractivity contribution >= 4 is 46.6 Å². The molecule has 1 saturated heterocycles. The van der Waals surface area contributed by atoms with Gasteiger partial charge in [0.05, 0.1) is 24.0 Å². The Morgan fingerprint density at radius 1 is 1.35 bits per heavy atom. The van der Waals surface area contributed by atoms with E-state index >= 15 is 0 Å². The van der Waals surface area contributed by atoms with E-state index in [4.69, 9.17) is 27.9 Å². The van der Waals surface area contributed by atoms with Crippen molar-refractivity contribution in [1.29, 1.82) is 0 Å². The monoisotopic (exact) mass is 332 g/mol. The number of hydrogen-bond donors (Lipinski definition) is 1. The van der Waals surface area contributed by atoms with Crippen LogP contribution in [-0.4, -0.2) is 30.6 Å². The number of carbonyl (C=O) groups is 1.